The van der Waals surface area contributed by atoms with Crippen LogP contribution in [-0.4, -0.2) is 55.8 Å². The van der Waals surface area contributed by atoms with Crippen molar-refractivity contribution in [3.05, 3.63) is 47.2 Å². The highest BCUT2D eigenvalue weighted by Crippen LogP contribution is 2.39. The molecule has 3 amide bonds. The number of imide groups is 1. The number of esters is 1. The van der Waals surface area contributed by atoms with Crippen molar-refractivity contribution in [2.45, 2.75) is 78.2 Å². The Morgan fingerprint density at radius 2 is 1.73 bits per heavy atom. The largest absolute Gasteiger partial charge is 0.466 e. The Morgan fingerprint density at radius 1 is 1.15 bits per heavy atom. The first-order valence-corrected chi connectivity index (χ1v) is 14.3. The molecule has 2 atom stereocenters. The van der Waals surface area contributed by atoms with Crippen LogP contribution in [0.2, 0.25) is 18.1 Å². The molecule has 1 aromatic carbocycles. The fourth-order valence-corrected chi connectivity index (χ4v) is 5.28. The monoisotopic (exact) mass is 474 g/mol. The summed E-state index contributed by atoms with van der Waals surface area (Å²) in [6.07, 6.45) is 0.497. The van der Waals surface area contributed by atoms with Crippen LogP contribution in [-0.2, 0) is 18.8 Å². The second kappa shape index (κ2) is 10.2. The van der Waals surface area contributed by atoms with Crippen LogP contribution in [0.15, 0.2) is 41.6 Å². The van der Waals surface area contributed by atoms with E-state index in [9.17, 15) is 14.4 Å². The summed E-state index contributed by atoms with van der Waals surface area (Å²) in [5.41, 5.74) is 1.46. The second-order valence-corrected chi connectivity index (χ2v) is 14.9. The molecule has 0 N–H and O–H groups in total. The van der Waals surface area contributed by atoms with Crippen LogP contribution in [0.4, 0.5) is 4.79 Å². The lowest BCUT2D eigenvalue weighted by atomic mass is 9.93. The minimum Gasteiger partial charge on any atom is -0.466 e. The van der Waals surface area contributed by atoms with Crippen LogP contribution in [0.1, 0.15) is 59.6 Å². The molecule has 1 aliphatic rings. The summed E-state index contributed by atoms with van der Waals surface area (Å²) in [7, 11) is -0.662. The van der Waals surface area contributed by atoms with E-state index in [-0.39, 0.29) is 16.7 Å². The fourth-order valence-electron chi connectivity index (χ4n) is 3.81. The number of benzene rings is 1. The third kappa shape index (κ3) is 5.73. The zero-order valence-corrected chi connectivity index (χ0v) is 22.4. The van der Waals surface area contributed by atoms with Crippen LogP contribution in [0.5, 0.6) is 0 Å². The first-order valence-electron chi connectivity index (χ1n) is 11.4. The molecule has 1 heterocycles. The van der Waals surface area contributed by atoms with Gasteiger partial charge in [-0.3, -0.25) is 14.6 Å². The number of nitrogens with zero attached hydrogens (tertiary/aromatic N) is 2. The molecule has 182 valence electrons. The van der Waals surface area contributed by atoms with Gasteiger partial charge in [-0.15, -0.1) is 0 Å². The third-order valence-corrected chi connectivity index (χ3v) is 11.3. The van der Waals surface area contributed by atoms with Gasteiger partial charge in [-0.25, -0.2) is 9.59 Å². The van der Waals surface area contributed by atoms with Crippen molar-refractivity contribution in [2.75, 3.05) is 13.7 Å². The molecule has 0 spiro atoms. The molecule has 0 aliphatic carbocycles. The molecule has 8 heteroatoms. The van der Waals surface area contributed by atoms with E-state index in [0.29, 0.717) is 24.2 Å². The van der Waals surface area contributed by atoms with E-state index in [2.05, 4.69) is 33.9 Å². The zero-order chi connectivity index (χ0) is 25.1. The summed E-state index contributed by atoms with van der Waals surface area (Å²) in [5.74, 6) is -0.992. The topological polar surface area (TPSA) is 76.2 Å². The number of ether oxygens (including phenoxy) is 1. The Labute approximate surface area is 198 Å². The quantitative estimate of drug-likeness (QED) is 0.398. The van der Waals surface area contributed by atoms with E-state index in [1.807, 2.05) is 25.1 Å². The standard InChI is InChI=1S/C25H38N2O5Si/c1-17(32-33(8,9)25(4,5)6)15-16-26-18(2)21(23(29)31-7)22(20-13-11-10-12-14-20)27(19(3)28)24(26)30/h10-14,17,22H,15-16H2,1-9H3. The first kappa shape index (κ1) is 26.8. The number of allylic oxidation sites excluding steroid dienone is 1. The van der Waals surface area contributed by atoms with Gasteiger partial charge in [-0.05, 0) is 44.0 Å². The summed E-state index contributed by atoms with van der Waals surface area (Å²) in [6, 6.07) is 7.80. The number of hydrogen-bond donors (Lipinski definition) is 0. The van der Waals surface area contributed by atoms with Crippen LogP contribution in [0.25, 0.3) is 0 Å². The minimum atomic E-state index is -1.97. The lowest BCUT2D eigenvalue weighted by Gasteiger charge is -2.42. The normalized spacial score (nSPS) is 18.5. The Hall–Kier alpha value is -2.45. The maximum atomic E-state index is 13.5. The predicted octanol–water partition coefficient (Wildman–Crippen LogP) is 5.26. The van der Waals surface area contributed by atoms with Gasteiger partial charge in [0.05, 0.1) is 12.7 Å². The predicted molar refractivity (Wildman–Crippen MR) is 131 cm³/mol. The van der Waals surface area contributed by atoms with Gasteiger partial charge in [0.2, 0.25) is 5.91 Å². The van der Waals surface area contributed by atoms with Gasteiger partial charge in [0.1, 0.15) is 6.04 Å². The van der Waals surface area contributed by atoms with E-state index in [1.54, 1.807) is 19.1 Å². The summed E-state index contributed by atoms with van der Waals surface area (Å²) < 4.78 is 11.5. The molecular weight excluding hydrogens is 436 g/mol. The van der Waals surface area contributed by atoms with Crippen molar-refractivity contribution in [1.29, 1.82) is 0 Å². The second-order valence-electron chi connectivity index (χ2n) is 10.1. The average molecular weight is 475 g/mol. The van der Waals surface area contributed by atoms with Crippen LogP contribution in [0, 0.1) is 0 Å². The number of rotatable bonds is 7. The van der Waals surface area contributed by atoms with E-state index in [0.717, 1.165) is 4.90 Å². The van der Waals surface area contributed by atoms with Gasteiger partial charge >= 0.3 is 12.0 Å². The van der Waals surface area contributed by atoms with E-state index < -0.39 is 32.3 Å². The summed E-state index contributed by atoms with van der Waals surface area (Å²) >= 11 is 0. The molecule has 7 nitrogen and oxygen atoms in total. The van der Waals surface area contributed by atoms with Crippen molar-refractivity contribution in [3.8, 4) is 0 Å². The van der Waals surface area contributed by atoms with Crippen LogP contribution >= 0.6 is 0 Å². The maximum Gasteiger partial charge on any atom is 0.338 e. The highest BCUT2D eigenvalue weighted by Gasteiger charge is 2.44. The van der Waals surface area contributed by atoms with E-state index in [4.69, 9.17) is 9.16 Å². The van der Waals surface area contributed by atoms with Crippen molar-refractivity contribution in [3.63, 3.8) is 0 Å². The van der Waals surface area contributed by atoms with Crippen LogP contribution < -0.4 is 0 Å². The van der Waals surface area contributed by atoms with Crippen molar-refractivity contribution in [2.24, 2.45) is 0 Å². The Bertz CT molecular complexity index is 920. The molecule has 0 radical (unpaired) electrons. The molecular formula is C25H38N2O5Si. The number of carbonyl (C=O) groups excluding carboxylic acids is 3. The molecule has 0 bridgehead atoms. The third-order valence-electron chi connectivity index (χ3n) is 6.68. The van der Waals surface area contributed by atoms with Gasteiger partial charge in [-0.1, -0.05) is 51.1 Å². The number of methoxy groups -OCH3 is 1. The molecule has 1 aliphatic heterocycles. The van der Waals surface area contributed by atoms with E-state index >= 15 is 0 Å². The van der Waals surface area contributed by atoms with Gasteiger partial charge in [0, 0.05) is 25.3 Å². The molecule has 2 rings (SSSR count). The fraction of sp³-hybridized carbons (Fsp3) is 0.560. The molecule has 0 saturated heterocycles. The smallest absolute Gasteiger partial charge is 0.338 e. The molecule has 33 heavy (non-hydrogen) atoms. The van der Waals surface area contributed by atoms with Crippen molar-refractivity contribution in [1.82, 2.24) is 9.80 Å². The summed E-state index contributed by atoms with van der Waals surface area (Å²) in [6.45, 7) is 16.3. The number of urea groups is 1. The van der Waals surface area contributed by atoms with Gasteiger partial charge in [-0.2, -0.15) is 0 Å². The van der Waals surface area contributed by atoms with Crippen molar-refractivity contribution < 1.29 is 23.5 Å². The maximum absolute atomic E-state index is 13.5. The lowest BCUT2D eigenvalue weighted by Crippen LogP contribution is -2.53. The summed E-state index contributed by atoms with van der Waals surface area (Å²) in [4.78, 5) is 41.6. The molecule has 0 aromatic heterocycles. The van der Waals surface area contributed by atoms with Gasteiger partial charge < -0.3 is 9.16 Å². The average Bonchev–Trinajstić information content (AvgIpc) is 2.71. The first-order chi connectivity index (χ1) is 15.2. The lowest BCUT2D eigenvalue weighted by molar-refractivity contribution is -0.138. The number of carbonyl (C=O) groups is 3. The highest BCUT2D eigenvalue weighted by molar-refractivity contribution is 6.74. The number of hydrogen-bond acceptors (Lipinski definition) is 5. The molecule has 1 aromatic rings. The van der Waals surface area contributed by atoms with Crippen molar-refractivity contribution >= 4 is 26.2 Å². The number of amides is 3. The Kier molecular flexibility index (Phi) is 8.30. The van der Waals surface area contributed by atoms with Crippen LogP contribution in [0.3, 0.4) is 0 Å². The highest BCUT2D eigenvalue weighted by atomic mass is 28.4. The van der Waals surface area contributed by atoms with E-state index in [1.165, 1.54) is 18.9 Å². The van der Waals surface area contributed by atoms with Gasteiger partial charge in [0.15, 0.2) is 8.32 Å². The molecule has 0 saturated carbocycles. The minimum absolute atomic E-state index is 0.0738. The molecule has 2 unspecified atom stereocenters. The Morgan fingerprint density at radius 3 is 2.21 bits per heavy atom. The van der Waals surface area contributed by atoms with Gasteiger partial charge in [0.25, 0.3) is 0 Å². The summed E-state index contributed by atoms with van der Waals surface area (Å²) in [5, 5.41) is 0.0738. The SMILES string of the molecule is COC(=O)C1=C(C)N(CCC(C)O[Si](C)(C)C(C)(C)C)C(=O)N(C(C)=O)C1c1ccccc1. The zero-order valence-electron chi connectivity index (χ0n) is 21.4. The Balaban J connectivity index is 2.42. The molecule has 0 fully saturated rings.